The van der Waals surface area contributed by atoms with Gasteiger partial charge in [0.1, 0.15) is 17.3 Å². The van der Waals surface area contributed by atoms with Crippen LogP contribution in [0, 0.1) is 0 Å². The normalized spacial score (nSPS) is 10.2. The summed E-state index contributed by atoms with van der Waals surface area (Å²) in [7, 11) is 3.23. The number of anilines is 1. The minimum Gasteiger partial charge on any atom is -0.497 e. The third-order valence-electron chi connectivity index (χ3n) is 3.33. The Morgan fingerprint density at radius 2 is 2.04 bits per heavy atom. The smallest absolute Gasteiger partial charge is 0.271 e. The van der Waals surface area contributed by atoms with Gasteiger partial charge < -0.3 is 20.1 Å². The fourth-order valence-corrected chi connectivity index (χ4v) is 2.06. The minimum atomic E-state index is -0.262. The molecule has 0 spiro atoms. The highest BCUT2D eigenvalue weighted by atomic mass is 16.5. The lowest BCUT2D eigenvalue weighted by Gasteiger charge is -2.07. The van der Waals surface area contributed by atoms with E-state index in [1.807, 2.05) is 24.3 Å². The van der Waals surface area contributed by atoms with E-state index in [1.54, 1.807) is 20.4 Å². The Bertz CT molecular complexity index is 647. The highest BCUT2D eigenvalue weighted by Gasteiger charge is 2.07. The molecule has 0 bridgehead atoms. The Morgan fingerprint density at radius 3 is 2.75 bits per heavy atom. The van der Waals surface area contributed by atoms with Crippen LogP contribution in [0.15, 0.2) is 36.7 Å². The van der Waals surface area contributed by atoms with Gasteiger partial charge in [-0.25, -0.2) is 9.97 Å². The number of ether oxygens (including phenoxy) is 2. The summed E-state index contributed by atoms with van der Waals surface area (Å²) >= 11 is 0. The molecule has 1 aromatic heterocycles. The maximum Gasteiger partial charge on any atom is 0.271 e. The van der Waals surface area contributed by atoms with Gasteiger partial charge in [0.15, 0.2) is 0 Å². The van der Waals surface area contributed by atoms with Crippen LogP contribution in [0.3, 0.4) is 0 Å². The van der Waals surface area contributed by atoms with Gasteiger partial charge in [-0.15, -0.1) is 0 Å². The molecule has 7 heteroatoms. The largest absolute Gasteiger partial charge is 0.497 e. The van der Waals surface area contributed by atoms with Crippen LogP contribution in [-0.2, 0) is 11.2 Å². The zero-order valence-electron chi connectivity index (χ0n) is 13.9. The van der Waals surface area contributed by atoms with E-state index < -0.39 is 0 Å². The van der Waals surface area contributed by atoms with Gasteiger partial charge in [0.05, 0.1) is 26.1 Å². The molecule has 0 radical (unpaired) electrons. The summed E-state index contributed by atoms with van der Waals surface area (Å²) in [5.74, 6) is 1.21. The molecule has 2 aromatic rings. The third kappa shape index (κ3) is 5.51. The van der Waals surface area contributed by atoms with Gasteiger partial charge in [0.25, 0.3) is 5.91 Å². The zero-order valence-corrected chi connectivity index (χ0v) is 13.9. The number of carbonyl (C=O) groups excluding carboxylic acids is 1. The van der Waals surface area contributed by atoms with Gasteiger partial charge in [0.2, 0.25) is 0 Å². The number of rotatable bonds is 9. The van der Waals surface area contributed by atoms with Gasteiger partial charge >= 0.3 is 0 Å². The quantitative estimate of drug-likeness (QED) is 0.678. The molecular weight excluding hydrogens is 308 g/mol. The van der Waals surface area contributed by atoms with E-state index in [9.17, 15) is 4.79 Å². The van der Waals surface area contributed by atoms with Crippen molar-refractivity contribution >= 4 is 11.7 Å². The van der Waals surface area contributed by atoms with Crippen molar-refractivity contribution < 1.29 is 14.3 Å². The summed E-state index contributed by atoms with van der Waals surface area (Å²) in [4.78, 5) is 20.1. The van der Waals surface area contributed by atoms with Gasteiger partial charge in [-0.2, -0.15) is 0 Å². The highest BCUT2D eigenvalue weighted by Crippen LogP contribution is 2.13. The molecule has 128 valence electrons. The molecule has 24 heavy (non-hydrogen) atoms. The minimum absolute atomic E-state index is 0.262. The van der Waals surface area contributed by atoms with Crippen LogP contribution in [0.5, 0.6) is 5.75 Å². The molecule has 0 saturated carbocycles. The average molecular weight is 330 g/mol. The maximum absolute atomic E-state index is 11.8. The topological polar surface area (TPSA) is 85.4 Å². The molecular formula is C17H22N4O3. The van der Waals surface area contributed by atoms with Crippen molar-refractivity contribution in [3.05, 3.63) is 47.9 Å². The SMILES string of the molecule is COCCNC(=O)c1cnc(NCCc2cccc(OC)c2)cn1. The lowest BCUT2D eigenvalue weighted by Crippen LogP contribution is -2.27. The predicted molar refractivity (Wildman–Crippen MR) is 91.4 cm³/mol. The molecule has 0 aliphatic rings. The number of hydrogen-bond donors (Lipinski definition) is 2. The van der Waals surface area contributed by atoms with Gasteiger partial charge in [0, 0.05) is 20.2 Å². The first-order valence-corrected chi connectivity index (χ1v) is 7.69. The number of nitrogens with zero attached hydrogens (tertiary/aromatic N) is 2. The molecule has 0 aliphatic heterocycles. The second-order valence-electron chi connectivity index (χ2n) is 5.06. The van der Waals surface area contributed by atoms with Crippen molar-refractivity contribution in [1.82, 2.24) is 15.3 Å². The Balaban J connectivity index is 1.80. The summed E-state index contributed by atoms with van der Waals surface area (Å²) in [5.41, 5.74) is 1.45. The van der Waals surface area contributed by atoms with Gasteiger partial charge in [-0.1, -0.05) is 12.1 Å². The average Bonchev–Trinajstić information content (AvgIpc) is 2.62. The number of nitrogens with one attached hydrogen (secondary N) is 2. The van der Waals surface area contributed by atoms with Crippen molar-refractivity contribution in [3.8, 4) is 5.75 Å². The fraction of sp³-hybridized carbons (Fsp3) is 0.353. The molecule has 0 aliphatic carbocycles. The summed E-state index contributed by atoms with van der Waals surface area (Å²) in [6, 6.07) is 7.92. The number of hydrogen-bond acceptors (Lipinski definition) is 6. The number of carbonyl (C=O) groups is 1. The maximum atomic E-state index is 11.8. The van der Waals surface area contributed by atoms with Crippen LogP contribution >= 0.6 is 0 Å². The van der Waals surface area contributed by atoms with Crippen molar-refractivity contribution in [2.45, 2.75) is 6.42 Å². The van der Waals surface area contributed by atoms with Crippen LogP contribution in [-0.4, -0.2) is 49.8 Å². The van der Waals surface area contributed by atoms with Crippen molar-refractivity contribution in [2.24, 2.45) is 0 Å². The molecule has 0 atom stereocenters. The van der Waals surface area contributed by atoms with E-state index in [4.69, 9.17) is 9.47 Å². The van der Waals surface area contributed by atoms with E-state index in [2.05, 4.69) is 20.6 Å². The van der Waals surface area contributed by atoms with Crippen LogP contribution < -0.4 is 15.4 Å². The van der Waals surface area contributed by atoms with Crippen LogP contribution in [0.1, 0.15) is 16.1 Å². The summed E-state index contributed by atoms with van der Waals surface area (Å²) in [6.07, 6.45) is 3.84. The molecule has 1 heterocycles. The monoisotopic (exact) mass is 330 g/mol. The second-order valence-corrected chi connectivity index (χ2v) is 5.06. The first-order valence-electron chi connectivity index (χ1n) is 7.69. The van der Waals surface area contributed by atoms with Gasteiger partial charge in [-0.3, -0.25) is 4.79 Å². The molecule has 0 saturated heterocycles. The summed E-state index contributed by atoms with van der Waals surface area (Å²) < 4.78 is 10.1. The number of methoxy groups -OCH3 is 2. The molecule has 0 fully saturated rings. The lowest BCUT2D eigenvalue weighted by molar-refractivity contribution is 0.0932. The first-order chi connectivity index (χ1) is 11.7. The van der Waals surface area contributed by atoms with E-state index in [0.717, 1.165) is 12.2 Å². The van der Waals surface area contributed by atoms with Crippen molar-refractivity contribution in [3.63, 3.8) is 0 Å². The molecule has 0 unspecified atom stereocenters. The van der Waals surface area contributed by atoms with E-state index in [0.29, 0.717) is 25.5 Å². The Kier molecular flexibility index (Phi) is 6.97. The van der Waals surface area contributed by atoms with Crippen molar-refractivity contribution in [1.29, 1.82) is 0 Å². The number of amides is 1. The number of aromatic nitrogens is 2. The molecule has 7 nitrogen and oxygen atoms in total. The Hall–Kier alpha value is -2.67. The second kappa shape index (κ2) is 9.46. The van der Waals surface area contributed by atoms with Crippen molar-refractivity contribution in [2.75, 3.05) is 39.2 Å². The number of benzene rings is 1. The van der Waals surface area contributed by atoms with Crippen LogP contribution in [0.2, 0.25) is 0 Å². The van der Waals surface area contributed by atoms with Crippen LogP contribution in [0.25, 0.3) is 0 Å². The van der Waals surface area contributed by atoms with E-state index in [-0.39, 0.29) is 11.6 Å². The summed E-state index contributed by atoms with van der Waals surface area (Å²) in [5, 5.41) is 5.88. The third-order valence-corrected chi connectivity index (χ3v) is 3.33. The van der Waals surface area contributed by atoms with E-state index in [1.165, 1.54) is 11.8 Å². The summed E-state index contributed by atoms with van der Waals surface area (Å²) in [6.45, 7) is 1.61. The molecule has 2 rings (SSSR count). The Morgan fingerprint density at radius 1 is 1.17 bits per heavy atom. The standard InChI is InChI=1S/C17H22N4O3/c1-23-9-8-19-17(22)15-11-21-16(12-20-15)18-7-6-13-4-3-5-14(10-13)24-2/h3-5,10-12H,6-9H2,1-2H3,(H,18,21)(H,19,22). The zero-order chi connectivity index (χ0) is 17.2. The highest BCUT2D eigenvalue weighted by molar-refractivity contribution is 5.91. The lowest BCUT2D eigenvalue weighted by atomic mass is 10.1. The Labute approximate surface area is 141 Å². The predicted octanol–water partition coefficient (Wildman–Crippen LogP) is 1.52. The molecule has 1 amide bonds. The fourth-order valence-electron chi connectivity index (χ4n) is 2.06. The first kappa shape index (κ1) is 17.7. The molecule has 2 N–H and O–H groups in total. The molecule has 1 aromatic carbocycles. The van der Waals surface area contributed by atoms with Gasteiger partial charge in [-0.05, 0) is 24.1 Å². The van der Waals surface area contributed by atoms with E-state index >= 15 is 0 Å². The van der Waals surface area contributed by atoms with Crippen LogP contribution in [0.4, 0.5) is 5.82 Å².